The maximum absolute atomic E-state index is 5.54. The molecule has 0 unspecified atom stereocenters. The van der Waals surface area contributed by atoms with Gasteiger partial charge in [0, 0.05) is 47.3 Å². The maximum atomic E-state index is 5.54. The van der Waals surface area contributed by atoms with Crippen LogP contribution in [0.5, 0.6) is 0 Å². The minimum Gasteiger partial charge on any atom is -0.278 e. The van der Waals surface area contributed by atoms with Gasteiger partial charge in [0.05, 0.1) is 27.5 Å². The van der Waals surface area contributed by atoms with Crippen molar-refractivity contribution < 1.29 is 0 Å². The summed E-state index contributed by atoms with van der Waals surface area (Å²) >= 11 is 1.81. The summed E-state index contributed by atoms with van der Waals surface area (Å²) in [7, 11) is 0. The Morgan fingerprint density at radius 3 is 1.48 bits per heavy atom. The summed E-state index contributed by atoms with van der Waals surface area (Å²) < 4.78 is 6.96. The Labute approximate surface area is 370 Å². The Hall–Kier alpha value is -8.19. The molecule has 6 heteroatoms. The van der Waals surface area contributed by atoms with E-state index in [9.17, 15) is 0 Å². The van der Waals surface area contributed by atoms with Gasteiger partial charge in [-0.2, -0.15) is 15.0 Å². The molecule has 0 aliphatic heterocycles. The molecule has 2 aliphatic rings. The van der Waals surface area contributed by atoms with E-state index in [1.54, 1.807) is 11.3 Å². The molecule has 5 nitrogen and oxygen atoms in total. The summed E-state index contributed by atoms with van der Waals surface area (Å²) in [5.41, 5.74) is 15.0. The first-order chi connectivity index (χ1) is 31.8. The van der Waals surface area contributed by atoms with Crippen molar-refractivity contribution in [2.24, 2.45) is 0 Å². The quantitative estimate of drug-likeness (QED) is 0.178. The molecule has 2 aliphatic carbocycles. The summed E-state index contributed by atoms with van der Waals surface area (Å²) in [5.74, 6) is 1.76. The molecule has 0 saturated carbocycles. The molecule has 0 bridgehead atoms. The lowest BCUT2D eigenvalue weighted by Gasteiger charge is -2.31. The highest BCUT2D eigenvalue weighted by Crippen LogP contribution is 2.64. The highest BCUT2D eigenvalue weighted by molar-refractivity contribution is 7.25. The van der Waals surface area contributed by atoms with Gasteiger partial charge in [0.25, 0.3) is 0 Å². The first-order valence-electron chi connectivity index (χ1n) is 21.8. The Kier molecular flexibility index (Phi) is 6.70. The number of para-hydroxylation sites is 3. The highest BCUT2D eigenvalue weighted by atomic mass is 32.1. The smallest absolute Gasteiger partial charge is 0.240 e. The van der Waals surface area contributed by atoms with Crippen LogP contribution in [-0.2, 0) is 5.41 Å². The Morgan fingerprint density at radius 1 is 0.359 bits per heavy atom. The average molecular weight is 832 g/mol. The largest absolute Gasteiger partial charge is 0.278 e. The minimum absolute atomic E-state index is 0.522. The van der Waals surface area contributed by atoms with Crippen LogP contribution >= 0.6 is 11.3 Å². The third-order valence-electron chi connectivity index (χ3n) is 14.0. The van der Waals surface area contributed by atoms with Crippen molar-refractivity contribution in [2.75, 3.05) is 0 Å². The summed E-state index contributed by atoms with van der Waals surface area (Å²) in [6, 6.07) is 72.9. The normalized spacial score (nSPS) is 13.4. The predicted octanol–water partition coefficient (Wildman–Crippen LogP) is 14.4. The fourth-order valence-corrected chi connectivity index (χ4v) is 12.7. The van der Waals surface area contributed by atoms with Gasteiger partial charge >= 0.3 is 0 Å². The molecule has 296 valence electrons. The number of hydrogen-bond donors (Lipinski definition) is 0. The monoisotopic (exact) mass is 831 g/mol. The summed E-state index contributed by atoms with van der Waals surface area (Å²) in [6.07, 6.45) is 0. The van der Waals surface area contributed by atoms with Gasteiger partial charge < -0.3 is 0 Å². The first-order valence-corrected chi connectivity index (χ1v) is 22.6. The summed E-state index contributed by atoms with van der Waals surface area (Å²) in [6.45, 7) is 0. The van der Waals surface area contributed by atoms with Crippen LogP contribution in [0.3, 0.4) is 0 Å². The zero-order valence-corrected chi connectivity index (χ0v) is 35.0. The molecule has 4 heterocycles. The minimum atomic E-state index is -0.522. The molecule has 0 atom stereocenters. The summed E-state index contributed by atoms with van der Waals surface area (Å²) in [4.78, 5) is 16.4. The fourth-order valence-electron chi connectivity index (χ4n) is 11.6. The lowest BCUT2D eigenvalue weighted by atomic mass is 9.69. The topological polar surface area (TPSA) is 48.5 Å². The number of thiophene rings is 1. The lowest BCUT2D eigenvalue weighted by Crippen LogP contribution is -2.26. The molecular formula is C58H33N5S. The fraction of sp³-hybridized carbons (Fsp3) is 0.0172. The van der Waals surface area contributed by atoms with E-state index in [-0.39, 0.29) is 0 Å². The van der Waals surface area contributed by atoms with Crippen molar-refractivity contribution >= 4 is 75.1 Å². The molecular weight excluding hydrogens is 799 g/mol. The number of nitrogens with zero attached hydrogens (tertiary/aromatic N) is 5. The first kappa shape index (κ1) is 34.4. The molecule has 0 radical (unpaired) electrons. The van der Waals surface area contributed by atoms with E-state index in [1.807, 2.05) is 0 Å². The standard InChI is InChI=1S/C58H33N5S/c1-8-22-44-35(15-1)36-16-2-9-23-45(36)58(44)46-24-10-3-17-37(46)42-31-32-50-53(54(42)58)43-21-6-13-27-49(43)63(50)57-60-55(34-29-30-41-40-20-7-14-28-51(40)64-52(41)33-34)59-56(61-57)62-47-25-11-4-18-38(47)39-19-5-12-26-48(39)62/h1-33H. The number of aromatic nitrogens is 5. The van der Waals surface area contributed by atoms with E-state index in [2.05, 4.69) is 209 Å². The van der Waals surface area contributed by atoms with Crippen LogP contribution in [0.15, 0.2) is 200 Å². The molecule has 0 fully saturated rings. The van der Waals surface area contributed by atoms with Crippen LogP contribution in [0.25, 0.3) is 109 Å². The van der Waals surface area contributed by atoms with Crippen molar-refractivity contribution in [3.05, 3.63) is 222 Å². The van der Waals surface area contributed by atoms with E-state index in [4.69, 9.17) is 15.0 Å². The number of benzene rings is 9. The molecule has 15 rings (SSSR count). The van der Waals surface area contributed by atoms with Crippen LogP contribution in [0, 0.1) is 0 Å². The van der Waals surface area contributed by atoms with Gasteiger partial charge in [-0.25, -0.2) is 0 Å². The van der Waals surface area contributed by atoms with Crippen LogP contribution < -0.4 is 0 Å². The van der Waals surface area contributed by atoms with E-state index in [1.165, 1.54) is 70.1 Å². The predicted molar refractivity (Wildman–Crippen MR) is 263 cm³/mol. The molecule has 64 heavy (non-hydrogen) atoms. The maximum Gasteiger partial charge on any atom is 0.240 e. The van der Waals surface area contributed by atoms with Crippen molar-refractivity contribution in [3.63, 3.8) is 0 Å². The van der Waals surface area contributed by atoms with Crippen LogP contribution in [0.1, 0.15) is 22.3 Å². The molecule has 4 aromatic heterocycles. The molecule has 13 aromatic rings. The average Bonchev–Trinajstić information content (AvgIpc) is 4.14. The Morgan fingerprint density at radius 2 is 0.844 bits per heavy atom. The van der Waals surface area contributed by atoms with E-state index >= 15 is 0 Å². The third kappa shape index (κ3) is 4.30. The molecule has 1 spiro atoms. The second-order valence-electron chi connectivity index (χ2n) is 17.1. The SMILES string of the molecule is c1ccc2c(c1)-c1ccccc1C21c2ccccc2-c2ccc3c(c21)c1ccccc1n3-c1nc(-c2ccc3c(c2)sc2ccccc23)nc(-n2c3ccccc3c3ccccc32)n1. The van der Waals surface area contributed by atoms with Gasteiger partial charge in [-0.05, 0) is 80.9 Å². The lowest BCUT2D eigenvalue weighted by molar-refractivity contribution is 0.801. The molecule has 0 N–H and O–H groups in total. The van der Waals surface area contributed by atoms with E-state index in [0.717, 1.165) is 43.8 Å². The van der Waals surface area contributed by atoms with Gasteiger partial charge in [-0.1, -0.05) is 164 Å². The zero-order chi connectivity index (χ0) is 41.7. The molecule has 0 amide bonds. The van der Waals surface area contributed by atoms with Crippen molar-refractivity contribution in [1.82, 2.24) is 24.1 Å². The van der Waals surface area contributed by atoms with Crippen molar-refractivity contribution in [2.45, 2.75) is 5.41 Å². The second-order valence-corrected chi connectivity index (χ2v) is 18.1. The Bertz CT molecular complexity index is 4050. The van der Waals surface area contributed by atoms with Gasteiger partial charge in [0.15, 0.2) is 5.82 Å². The second kappa shape index (κ2) is 12.5. The van der Waals surface area contributed by atoms with Crippen LogP contribution in [0.2, 0.25) is 0 Å². The molecule has 9 aromatic carbocycles. The van der Waals surface area contributed by atoms with Gasteiger partial charge in [0.1, 0.15) is 0 Å². The highest BCUT2D eigenvalue weighted by Gasteiger charge is 2.52. The molecule has 0 saturated heterocycles. The number of rotatable bonds is 3. The van der Waals surface area contributed by atoms with E-state index in [0.29, 0.717) is 17.7 Å². The summed E-state index contributed by atoms with van der Waals surface area (Å²) in [5, 5.41) is 7.19. The number of fused-ring (bicyclic) bond motifs is 20. The van der Waals surface area contributed by atoms with Gasteiger partial charge in [0.2, 0.25) is 11.9 Å². The third-order valence-corrected chi connectivity index (χ3v) is 15.1. The van der Waals surface area contributed by atoms with Gasteiger partial charge in [-0.15, -0.1) is 11.3 Å². The van der Waals surface area contributed by atoms with Gasteiger partial charge in [-0.3, -0.25) is 9.13 Å². The van der Waals surface area contributed by atoms with Crippen molar-refractivity contribution in [3.8, 4) is 45.5 Å². The van der Waals surface area contributed by atoms with Crippen LogP contribution in [-0.4, -0.2) is 24.1 Å². The van der Waals surface area contributed by atoms with Crippen LogP contribution in [0.4, 0.5) is 0 Å². The number of hydrogen-bond acceptors (Lipinski definition) is 4. The zero-order valence-electron chi connectivity index (χ0n) is 34.2. The Balaban J connectivity index is 1.07. The van der Waals surface area contributed by atoms with Crippen molar-refractivity contribution in [1.29, 1.82) is 0 Å². The van der Waals surface area contributed by atoms with E-state index < -0.39 is 5.41 Å².